The van der Waals surface area contributed by atoms with Crippen molar-refractivity contribution in [1.82, 2.24) is 4.57 Å². The van der Waals surface area contributed by atoms with Crippen LogP contribution in [0.4, 0.5) is 13.2 Å². The number of hydrogen-bond donors (Lipinski definition) is 0. The summed E-state index contributed by atoms with van der Waals surface area (Å²) in [4.78, 5) is 10.7. The lowest BCUT2D eigenvalue weighted by molar-refractivity contribution is -0.141. The largest absolute Gasteiger partial charge is 0.406 e. The number of aldehydes is 1. The third kappa shape index (κ3) is 2.03. The molecule has 5 heteroatoms. The standard InChI is InChI=1S/C11H10F3NO/c12-11(13,14)7-15-9(6-16)5-8-3-1-2-4-10(8)15/h3-6H,1-2,7H2. The van der Waals surface area contributed by atoms with Gasteiger partial charge in [-0.2, -0.15) is 13.2 Å². The summed E-state index contributed by atoms with van der Waals surface area (Å²) in [5.41, 5.74) is 0.0803. The fourth-order valence-electron chi connectivity index (χ4n) is 1.91. The van der Waals surface area contributed by atoms with Gasteiger partial charge in [0.2, 0.25) is 0 Å². The van der Waals surface area contributed by atoms with E-state index in [1.807, 2.05) is 6.08 Å². The highest BCUT2D eigenvalue weighted by molar-refractivity contribution is 5.73. The van der Waals surface area contributed by atoms with Crippen LogP contribution in [0.15, 0.2) is 6.07 Å². The Morgan fingerprint density at radius 2 is 2.00 bits per heavy atom. The predicted molar refractivity (Wildman–Crippen MR) is 53.3 cm³/mol. The molecule has 0 amide bonds. The number of carbonyl (C=O) groups is 1. The molecule has 1 aliphatic carbocycles. The summed E-state index contributed by atoms with van der Waals surface area (Å²) in [6.45, 7) is -1.11. The number of carbonyl (C=O) groups excluding carboxylic acids is 1. The van der Waals surface area contributed by atoms with Crippen LogP contribution in [0, 0.1) is 0 Å². The summed E-state index contributed by atoms with van der Waals surface area (Å²) in [7, 11) is 0. The Hall–Kier alpha value is -1.52. The van der Waals surface area contributed by atoms with Crippen molar-refractivity contribution in [3.63, 3.8) is 0 Å². The maximum Gasteiger partial charge on any atom is 0.406 e. The first-order chi connectivity index (χ1) is 7.51. The summed E-state index contributed by atoms with van der Waals surface area (Å²) in [6.07, 6.45) is 1.28. The van der Waals surface area contributed by atoms with Crippen LogP contribution in [-0.2, 0) is 6.54 Å². The van der Waals surface area contributed by atoms with Gasteiger partial charge in [0, 0.05) is 5.35 Å². The number of fused-ring (bicyclic) bond motifs is 1. The number of aromatic nitrogens is 1. The van der Waals surface area contributed by atoms with Crippen molar-refractivity contribution >= 4 is 18.4 Å². The van der Waals surface area contributed by atoms with Crippen molar-refractivity contribution in [1.29, 1.82) is 0 Å². The van der Waals surface area contributed by atoms with Crippen molar-refractivity contribution in [2.75, 3.05) is 0 Å². The molecule has 1 aromatic rings. The zero-order chi connectivity index (χ0) is 11.8. The number of hydrogen-bond acceptors (Lipinski definition) is 1. The molecule has 2 nitrogen and oxygen atoms in total. The van der Waals surface area contributed by atoms with Crippen LogP contribution in [0.5, 0.6) is 0 Å². The van der Waals surface area contributed by atoms with Gasteiger partial charge in [0.1, 0.15) is 6.54 Å². The molecule has 2 rings (SSSR count). The Bertz CT molecular complexity index is 525. The average molecular weight is 229 g/mol. The molecular weight excluding hydrogens is 219 g/mol. The minimum Gasteiger partial charge on any atom is -0.329 e. The zero-order valence-electron chi connectivity index (χ0n) is 8.42. The van der Waals surface area contributed by atoms with Gasteiger partial charge in [-0.05, 0) is 24.1 Å². The summed E-state index contributed by atoms with van der Waals surface area (Å²) in [5.74, 6) is 0. The quantitative estimate of drug-likeness (QED) is 0.699. The molecule has 0 spiro atoms. The maximum atomic E-state index is 12.3. The molecule has 0 N–H and O–H groups in total. The van der Waals surface area contributed by atoms with Gasteiger partial charge in [-0.1, -0.05) is 12.2 Å². The fraction of sp³-hybridized carbons (Fsp3) is 0.364. The minimum atomic E-state index is -4.31. The van der Waals surface area contributed by atoms with Crippen molar-refractivity contribution in [3.05, 3.63) is 22.3 Å². The Morgan fingerprint density at radius 1 is 1.31 bits per heavy atom. The Balaban J connectivity index is 2.59. The van der Waals surface area contributed by atoms with E-state index in [2.05, 4.69) is 0 Å². The maximum absolute atomic E-state index is 12.3. The van der Waals surface area contributed by atoms with E-state index < -0.39 is 12.7 Å². The second-order valence-electron chi connectivity index (χ2n) is 3.71. The summed E-state index contributed by atoms with van der Waals surface area (Å²) >= 11 is 0. The molecule has 0 aromatic carbocycles. The topological polar surface area (TPSA) is 22.0 Å². The molecule has 0 aliphatic heterocycles. The van der Waals surface area contributed by atoms with Crippen LogP contribution in [-0.4, -0.2) is 17.0 Å². The van der Waals surface area contributed by atoms with Crippen LogP contribution in [0.1, 0.15) is 23.3 Å². The third-order valence-corrected chi connectivity index (χ3v) is 2.53. The monoisotopic (exact) mass is 229 g/mol. The minimum absolute atomic E-state index is 0.0803. The second-order valence-corrected chi connectivity index (χ2v) is 3.71. The lowest BCUT2D eigenvalue weighted by atomic mass is 10.2. The number of halogens is 3. The number of nitrogens with zero attached hydrogens (tertiary/aromatic N) is 1. The average Bonchev–Trinajstić information content (AvgIpc) is 2.55. The third-order valence-electron chi connectivity index (χ3n) is 2.53. The van der Waals surface area contributed by atoms with E-state index in [1.54, 1.807) is 6.08 Å². The first-order valence-electron chi connectivity index (χ1n) is 4.93. The van der Waals surface area contributed by atoms with E-state index in [0.29, 0.717) is 18.1 Å². The highest BCUT2D eigenvalue weighted by Gasteiger charge is 2.29. The molecule has 1 heterocycles. The molecule has 0 fully saturated rings. The van der Waals surface area contributed by atoms with Gasteiger partial charge in [-0.3, -0.25) is 4.79 Å². The normalized spacial score (nSPS) is 14.9. The lowest BCUT2D eigenvalue weighted by Crippen LogP contribution is -2.34. The van der Waals surface area contributed by atoms with E-state index in [0.717, 1.165) is 16.2 Å². The fourth-order valence-corrected chi connectivity index (χ4v) is 1.91. The molecular formula is C11H10F3NO. The van der Waals surface area contributed by atoms with Gasteiger partial charge in [0.15, 0.2) is 6.29 Å². The first kappa shape index (κ1) is 11.0. The molecule has 86 valence electrons. The molecule has 1 aliphatic rings. The van der Waals surface area contributed by atoms with Crippen LogP contribution < -0.4 is 10.6 Å². The van der Waals surface area contributed by atoms with Crippen LogP contribution >= 0.6 is 0 Å². The lowest BCUT2D eigenvalue weighted by Gasteiger charge is -2.10. The summed E-state index contributed by atoms with van der Waals surface area (Å²) in [5, 5.41) is 1.23. The summed E-state index contributed by atoms with van der Waals surface area (Å²) in [6, 6.07) is 1.50. The van der Waals surface area contributed by atoms with E-state index in [4.69, 9.17) is 0 Å². The Kier molecular flexibility index (Phi) is 2.61. The Labute approximate surface area is 89.7 Å². The highest BCUT2D eigenvalue weighted by Crippen LogP contribution is 2.17. The second kappa shape index (κ2) is 3.81. The van der Waals surface area contributed by atoms with Crippen molar-refractivity contribution in [2.24, 2.45) is 0 Å². The van der Waals surface area contributed by atoms with Crippen LogP contribution in [0.25, 0.3) is 12.2 Å². The zero-order valence-corrected chi connectivity index (χ0v) is 8.42. The predicted octanol–water partition coefficient (Wildman–Crippen LogP) is 1.22. The highest BCUT2D eigenvalue weighted by atomic mass is 19.4. The van der Waals surface area contributed by atoms with E-state index in [9.17, 15) is 18.0 Å². The van der Waals surface area contributed by atoms with E-state index >= 15 is 0 Å². The van der Waals surface area contributed by atoms with Crippen LogP contribution in [0.2, 0.25) is 0 Å². The number of rotatable bonds is 2. The van der Waals surface area contributed by atoms with Crippen molar-refractivity contribution < 1.29 is 18.0 Å². The molecule has 0 radical (unpaired) electrons. The smallest absolute Gasteiger partial charge is 0.329 e. The first-order valence-corrected chi connectivity index (χ1v) is 4.93. The van der Waals surface area contributed by atoms with Gasteiger partial charge in [0.05, 0.1) is 5.69 Å². The van der Waals surface area contributed by atoms with Gasteiger partial charge >= 0.3 is 6.18 Å². The van der Waals surface area contributed by atoms with E-state index in [1.165, 1.54) is 6.07 Å². The molecule has 1 aromatic heterocycles. The molecule has 16 heavy (non-hydrogen) atoms. The molecule has 0 saturated carbocycles. The van der Waals surface area contributed by atoms with Gasteiger partial charge in [-0.25, -0.2) is 0 Å². The molecule has 0 saturated heterocycles. The number of alkyl halides is 3. The molecule has 0 unspecified atom stereocenters. The van der Waals surface area contributed by atoms with Crippen LogP contribution in [0.3, 0.4) is 0 Å². The van der Waals surface area contributed by atoms with Gasteiger partial charge < -0.3 is 4.57 Å². The van der Waals surface area contributed by atoms with Gasteiger partial charge in [-0.15, -0.1) is 0 Å². The molecule has 0 bridgehead atoms. The summed E-state index contributed by atoms with van der Waals surface area (Å²) < 4.78 is 38.1. The Morgan fingerprint density at radius 3 is 2.62 bits per heavy atom. The SMILES string of the molecule is O=Cc1cc2c(n1CC(F)(F)F)=CCCC=2. The van der Waals surface area contributed by atoms with Crippen molar-refractivity contribution in [2.45, 2.75) is 25.6 Å². The van der Waals surface area contributed by atoms with E-state index in [-0.39, 0.29) is 5.69 Å². The molecule has 0 atom stereocenters. The van der Waals surface area contributed by atoms with Gasteiger partial charge in [0.25, 0.3) is 0 Å². The van der Waals surface area contributed by atoms with Crippen molar-refractivity contribution in [3.8, 4) is 0 Å².